The van der Waals surface area contributed by atoms with Gasteiger partial charge in [-0.3, -0.25) is 4.79 Å². The van der Waals surface area contributed by atoms with E-state index in [-0.39, 0.29) is 24.9 Å². The Hall–Kier alpha value is -1.30. The number of aliphatic hydroxyl groups excluding tert-OH is 1. The van der Waals surface area contributed by atoms with Crippen LogP contribution in [0.3, 0.4) is 0 Å². The first kappa shape index (κ1) is 19.0. The second-order valence-corrected chi connectivity index (χ2v) is 6.77. The number of fused-ring (bicyclic) bond motifs is 2. The number of halogens is 1. The maximum absolute atomic E-state index is 12.1. The zero-order valence-corrected chi connectivity index (χ0v) is 14.8. The van der Waals surface area contributed by atoms with Gasteiger partial charge < -0.3 is 20.5 Å². The van der Waals surface area contributed by atoms with Gasteiger partial charge in [-0.1, -0.05) is 12.1 Å². The van der Waals surface area contributed by atoms with Gasteiger partial charge in [-0.25, -0.2) is 0 Å². The summed E-state index contributed by atoms with van der Waals surface area (Å²) in [7, 11) is 1.61. The predicted octanol–water partition coefficient (Wildman–Crippen LogP) is 2.19. The van der Waals surface area contributed by atoms with Crippen LogP contribution in [0.15, 0.2) is 24.3 Å². The van der Waals surface area contributed by atoms with Gasteiger partial charge in [-0.05, 0) is 49.3 Å². The third-order valence-corrected chi connectivity index (χ3v) is 5.04. The Bertz CT molecular complexity index is 526. The summed E-state index contributed by atoms with van der Waals surface area (Å²) in [5.41, 5.74) is 0.783. The van der Waals surface area contributed by atoms with Crippen molar-refractivity contribution in [3.63, 3.8) is 0 Å². The maximum atomic E-state index is 12.1. The zero-order chi connectivity index (χ0) is 16.2. The molecule has 5 nitrogen and oxygen atoms in total. The van der Waals surface area contributed by atoms with Gasteiger partial charge >= 0.3 is 0 Å². The molecule has 0 spiro atoms. The van der Waals surface area contributed by atoms with E-state index in [4.69, 9.17) is 4.74 Å². The van der Waals surface area contributed by atoms with Crippen LogP contribution >= 0.6 is 12.4 Å². The van der Waals surface area contributed by atoms with E-state index in [0.29, 0.717) is 24.4 Å². The molecule has 24 heavy (non-hydrogen) atoms. The number of rotatable bonds is 6. The molecule has 0 saturated carbocycles. The molecule has 1 aromatic carbocycles. The summed E-state index contributed by atoms with van der Waals surface area (Å²) in [6, 6.07) is 8.48. The lowest BCUT2D eigenvalue weighted by Gasteiger charge is -2.28. The summed E-state index contributed by atoms with van der Waals surface area (Å²) >= 11 is 0. The number of amides is 1. The van der Waals surface area contributed by atoms with Crippen molar-refractivity contribution in [3.05, 3.63) is 29.8 Å². The van der Waals surface area contributed by atoms with E-state index in [1.165, 1.54) is 12.8 Å². The lowest BCUT2D eigenvalue weighted by molar-refractivity contribution is -0.122. The molecule has 0 radical (unpaired) electrons. The first-order valence-electron chi connectivity index (χ1n) is 8.49. The number of benzene rings is 1. The van der Waals surface area contributed by atoms with E-state index in [1.54, 1.807) is 7.11 Å². The quantitative estimate of drug-likeness (QED) is 0.732. The highest BCUT2D eigenvalue weighted by Crippen LogP contribution is 2.32. The van der Waals surface area contributed by atoms with Crippen molar-refractivity contribution in [2.45, 2.75) is 50.3 Å². The summed E-state index contributed by atoms with van der Waals surface area (Å²) in [5, 5.41) is 16.6. The Labute approximate surface area is 149 Å². The van der Waals surface area contributed by atoms with Crippen LogP contribution in [0.5, 0.6) is 5.75 Å². The fourth-order valence-corrected chi connectivity index (χ4v) is 3.83. The highest BCUT2D eigenvalue weighted by atomic mass is 35.5. The number of hydrogen-bond donors (Lipinski definition) is 3. The monoisotopic (exact) mass is 354 g/mol. The standard InChI is InChI=1S/C18H26N2O3.ClH/c1-23-16-6-2-13(3-7-16)17(21)11-19-18(22)10-12-8-14-4-5-15(9-12)20-14;/h2-3,6-7,12,14-15,17,20-21H,4-5,8-11H2,1H3,(H,19,22);1H. The molecule has 2 fully saturated rings. The number of methoxy groups -OCH3 is 1. The van der Waals surface area contributed by atoms with Crippen molar-refractivity contribution in [1.82, 2.24) is 10.6 Å². The number of aliphatic hydroxyl groups is 1. The van der Waals surface area contributed by atoms with Gasteiger partial charge in [0.05, 0.1) is 13.2 Å². The Morgan fingerprint density at radius 2 is 1.92 bits per heavy atom. The van der Waals surface area contributed by atoms with Crippen molar-refractivity contribution in [3.8, 4) is 5.75 Å². The van der Waals surface area contributed by atoms with Gasteiger partial charge in [-0.15, -0.1) is 12.4 Å². The van der Waals surface area contributed by atoms with Gasteiger partial charge in [0.15, 0.2) is 0 Å². The second kappa shape index (κ2) is 8.70. The predicted molar refractivity (Wildman–Crippen MR) is 95.5 cm³/mol. The Morgan fingerprint density at radius 1 is 1.29 bits per heavy atom. The number of nitrogens with one attached hydrogen (secondary N) is 2. The summed E-state index contributed by atoms with van der Waals surface area (Å²) in [5.74, 6) is 1.28. The molecule has 3 N–H and O–H groups in total. The number of carbonyl (C=O) groups is 1. The SMILES string of the molecule is COc1ccc(C(O)CNC(=O)CC2CC3CCC(C2)N3)cc1.Cl. The maximum Gasteiger partial charge on any atom is 0.220 e. The molecular weight excluding hydrogens is 328 g/mol. The molecule has 2 aliphatic rings. The van der Waals surface area contributed by atoms with E-state index >= 15 is 0 Å². The molecule has 6 heteroatoms. The molecular formula is C18H27ClN2O3. The molecule has 2 aliphatic heterocycles. The number of piperidine rings is 1. The lowest BCUT2D eigenvalue weighted by Crippen LogP contribution is -2.40. The molecule has 3 rings (SSSR count). The lowest BCUT2D eigenvalue weighted by atomic mass is 9.89. The third kappa shape index (κ3) is 4.85. The van der Waals surface area contributed by atoms with E-state index < -0.39 is 6.10 Å². The van der Waals surface area contributed by atoms with Crippen LogP contribution < -0.4 is 15.4 Å². The zero-order valence-electron chi connectivity index (χ0n) is 14.0. The van der Waals surface area contributed by atoms with Gasteiger partial charge in [0.2, 0.25) is 5.91 Å². The van der Waals surface area contributed by atoms with E-state index in [0.717, 1.165) is 24.2 Å². The average Bonchev–Trinajstić information content (AvgIpc) is 2.91. The molecule has 2 heterocycles. The summed E-state index contributed by atoms with van der Waals surface area (Å²) < 4.78 is 5.10. The minimum absolute atomic E-state index is 0. The van der Waals surface area contributed by atoms with Crippen molar-refractivity contribution >= 4 is 18.3 Å². The van der Waals surface area contributed by atoms with E-state index in [2.05, 4.69) is 10.6 Å². The van der Waals surface area contributed by atoms with Crippen LogP contribution in [0.1, 0.15) is 43.8 Å². The number of carbonyl (C=O) groups excluding carboxylic acids is 1. The number of ether oxygens (including phenoxy) is 1. The summed E-state index contributed by atoms with van der Waals surface area (Å²) in [4.78, 5) is 12.1. The molecule has 134 valence electrons. The van der Waals surface area contributed by atoms with Gasteiger partial charge in [0.25, 0.3) is 0 Å². The molecule has 0 aromatic heterocycles. The van der Waals surface area contributed by atoms with Crippen molar-refractivity contribution in [2.75, 3.05) is 13.7 Å². The van der Waals surface area contributed by atoms with Crippen LogP contribution in [0, 0.1) is 5.92 Å². The highest BCUT2D eigenvalue weighted by Gasteiger charge is 2.34. The van der Waals surface area contributed by atoms with Crippen LogP contribution in [0.25, 0.3) is 0 Å². The van der Waals surface area contributed by atoms with Crippen LogP contribution in [-0.4, -0.2) is 36.8 Å². The summed E-state index contributed by atoms with van der Waals surface area (Å²) in [6.45, 7) is 0.253. The molecule has 3 atom stereocenters. The second-order valence-electron chi connectivity index (χ2n) is 6.77. The Kier molecular flexibility index (Phi) is 6.90. The van der Waals surface area contributed by atoms with Crippen molar-refractivity contribution in [2.24, 2.45) is 5.92 Å². The molecule has 1 aromatic rings. The van der Waals surface area contributed by atoms with Crippen LogP contribution in [-0.2, 0) is 4.79 Å². The molecule has 1 amide bonds. The third-order valence-electron chi connectivity index (χ3n) is 5.04. The minimum Gasteiger partial charge on any atom is -0.497 e. The normalized spacial score (nSPS) is 26.3. The first-order valence-corrected chi connectivity index (χ1v) is 8.49. The smallest absolute Gasteiger partial charge is 0.220 e. The van der Waals surface area contributed by atoms with E-state index in [1.807, 2.05) is 24.3 Å². The molecule has 3 unspecified atom stereocenters. The van der Waals surface area contributed by atoms with Crippen LogP contribution in [0.2, 0.25) is 0 Å². The molecule has 2 bridgehead atoms. The summed E-state index contributed by atoms with van der Waals surface area (Å²) in [6.07, 6.45) is 4.59. The fourth-order valence-electron chi connectivity index (χ4n) is 3.83. The number of hydrogen-bond acceptors (Lipinski definition) is 4. The molecule has 2 saturated heterocycles. The van der Waals surface area contributed by atoms with Crippen molar-refractivity contribution in [1.29, 1.82) is 0 Å². The largest absolute Gasteiger partial charge is 0.497 e. The highest BCUT2D eigenvalue weighted by molar-refractivity contribution is 5.85. The Balaban J connectivity index is 0.00000208. The fraction of sp³-hybridized carbons (Fsp3) is 0.611. The minimum atomic E-state index is -0.686. The van der Waals surface area contributed by atoms with E-state index in [9.17, 15) is 9.90 Å². The Morgan fingerprint density at radius 3 is 2.50 bits per heavy atom. The van der Waals surface area contributed by atoms with Gasteiger partial charge in [0, 0.05) is 25.0 Å². The van der Waals surface area contributed by atoms with Gasteiger partial charge in [-0.2, -0.15) is 0 Å². The first-order chi connectivity index (χ1) is 11.1. The average molecular weight is 355 g/mol. The topological polar surface area (TPSA) is 70.6 Å². The molecule has 0 aliphatic carbocycles. The van der Waals surface area contributed by atoms with Crippen LogP contribution in [0.4, 0.5) is 0 Å². The van der Waals surface area contributed by atoms with Crippen molar-refractivity contribution < 1.29 is 14.6 Å². The van der Waals surface area contributed by atoms with Gasteiger partial charge in [0.1, 0.15) is 5.75 Å².